The molecule has 0 spiro atoms. The largest absolute Gasteiger partial charge is 0.347 e. The van der Waals surface area contributed by atoms with Gasteiger partial charge in [-0.25, -0.2) is 4.98 Å². The number of benzene rings is 1. The molecule has 2 heterocycles. The lowest BCUT2D eigenvalue weighted by molar-refractivity contribution is -0.122. The van der Waals surface area contributed by atoms with Crippen LogP contribution in [0, 0.1) is 6.92 Å². The standard InChI is InChI=1S/C16H17N3OS/c1-11(15-8-5-9-21-15)17-16(20)10-19-12(2)18-13-6-3-4-7-14(13)19/h3-9,11H,10H2,1-2H3,(H,17,20)/t11-/m0/s1. The van der Waals surface area contributed by atoms with E-state index in [1.54, 1.807) is 11.3 Å². The monoisotopic (exact) mass is 299 g/mol. The molecule has 0 aliphatic carbocycles. The van der Waals surface area contributed by atoms with Gasteiger partial charge in [-0.15, -0.1) is 11.3 Å². The van der Waals surface area contributed by atoms with Crippen molar-refractivity contribution in [3.8, 4) is 0 Å². The predicted molar refractivity (Wildman–Crippen MR) is 85.3 cm³/mol. The smallest absolute Gasteiger partial charge is 0.240 e. The first kappa shape index (κ1) is 13.8. The molecule has 3 aromatic rings. The average molecular weight is 299 g/mol. The van der Waals surface area contributed by atoms with E-state index in [2.05, 4.69) is 10.3 Å². The summed E-state index contributed by atoms with van der Waals surface area (Å²) in [6, 6.07) is 11.9. The number of amides is 1. The maximum Gasteiger partial charge on any atom is 0.240 e. The first-order valence-corrected chi connectivity index (χ1v) is 7.78. The maximum absolute atomic E-state index is 12.3. The first-order valence-electron chi connectivity index (χ1n) is 6.90. The van der Waals surface area contributed by atoms with E-state index in [-0.39, 0.29) is 11.9 Å². The fraction of sp³-hybridized carbons (Fsp3) is 0.250. The highest BCUT2D eigenvalue weighted by molar-refractivity contribution is 7.10. The van der Waals surface area contributed by atoms with Crippen molar-refractivity contribution >= 4 is 28.3 Å². The van der Waals surface area contributed by atoms with Crippen LogP contribution in [0.15, 0.2) is 41.8 Å². The molecule has 108 valence electrons. The van der Waals surface area contributed by atoms with Crippen LogP contribution in [0.5, 0.6) is 0 Å². The lowest BCUT2D eigenvalue weighted by Gasteiger charge is -2.13. The minimum atomic E-state index is 0.00199. The normalized spacial score (nSPS) is 12.5. The summed E-state index contributed by atoms with van der Waals surface area (Å²) in [5.74, 6) is 0.859. The highest BCUT2D eigenvalue weighted by atomic mass is 32.1. The van der Waals surface area contributed by atoms with Crippen LogP contribution >= 0.6 is 11.3 Å². The lowest BCUT2D eigenvalue weighted by atomic mass is 10.2. The van der Waals surface area contributed by atoms with Gasteiger partial charge < -0.3 is 9.88 Å². The summed E-state index contributed by atoms with van der Waals surface area (Å²) in [4.78, 5) is 17.9. The molecule has 0 bridgehead atoms. The molecule has 0 aliphatic rings. The number of aromatic nitrogens is 2. The maximum atomic E-state index is 12.3. The highest BCUT2D eigenvalue weighted by Crippen LogP contribution is 2.19. The molecule has 4 nitrogen and oxygen atoms in total. The van der Waals surface area contributed by atoms with Crippen LogP contribution in [0.2, 0.25) is 0 Å². The van der Waals surface area contributed by atoms with Gasteiger partial charge >= 0.3 is 0 Å². The van der Waals surface area contributed by atoms with E-state index in [0.717, 1.165) is 21.7 Å². The molecule has 0 aliphatic heterocycles. The van der Waals surface area contributed by atoms with Gasteiger partial charge in [-0.2, -0.15) is 0 Å². The fourth-order valence-corrected chi connectivity index (χ4v) is 3.17. The third-order valence-electron chi connectivity index (χ3n) is 3.49. The van der Waals surface area contributed by atoms with Gasteiger partial charge in [-0.1, -0.05) is 18.2 Å². The molecule has 0 unspecified atom stereocenters. The van der Waals surface area contributed by atoms with Crippen molar-refractivity contribution in [2.24, 2.45) is 0 Å². The number of hydrogen-bond acceptors (Lipinski definition) is 3. The van der Waals surface area contributed by atoms with Crippen molar-refractivity contribution in [2.75, 3.05) is 0 Å². The molecule has 0 saturated carbocycles. The Labute approximate surface area is 127 Å². The Hall–Kier alpha value is -2.14. The van der Waals surface area contributed by atoms with Gasteiger partial charge in [-0.05, 0) is 37.4 Å². The minimum Gasteiger partial charge on any atom is -0.347 e. The average Bonchev–Trinajstić information content (AvgIpc) is 3.08. The number of nitrogens with one attached hydrogen (secondary N) is 1. The summed E-state index contributed by atoms with van der Waals surface area (Å²) in [5, 5.41) is 5.05. The summed E-state index contributed by atoms with van der Waals surface area (Å²) in [6.07, 6.45) is 0. The van der Waals surface area contributed by atoms with Gasteiger partial charge in [0.25, 0.3) is 0 Å². The molecule has 1 N–H and O–H groups in total. The molecule has 2 aromatic heterocycles. The van der Waals surface area contributed by atoms with Crippen molar-refractivity contribution < 1.29 is 4.79 Å². The summed E-state index contributed by atoms with van der Waals surface area (Å²) in [7, 11) is 0. The van der Waals surface area contributed by atoms with Gasteiger partial charge in [0.2, 0.25) is 5.91 Å². The number of rotatable bonds is 4. The topological polar surface area (TPSA) is 46.9 Å². The van der Waals surface area contributed by atoms with Gasteiger partial charge in [0.1, 0.15) is 12.4 Å². The fourth-order valence-electron chi connectivity index (χ4n) is 2.44. The zero-order chi connectivity index (χ0) is 14.8. The number of fused-ring (bicyclic) bond motifs is 1. The molecule has 1 aromatic carbocycles. The van der Waals surface area contributed by atoms with Gasteiger partial charge in [-0.3, -0.25) is 4.79 Å². The number of thiophene rings is 1. The van der Waals surface area contributed by atoms with Gasteiger partial charge in [0.05, 0.1) is 17.1 Å². The third kappa shape index (κ3) is 2.83. The third-order valence-corrected chi connectivity index (χ3v) is 4.55. The Balaban J connectivity index is 1.76. The van der Waals surface area contributed by atoms with Crippen molar-refractivity contribution in [3.63, 3.8) is 0 Å². The Morgan fingerprint density at radius 1 is 1.33 bits per heavy atom. The Morgan fingerprint density at radius 2 is 2.14 bits per heavy atom. The summed E-state index contributed by atoms with van der Waals surface area (Å²) in [6.45, 7) is 4.22. The number of carbonyl (C=O) groups excluding carboxylic acids is 1. The molecular formula is C16H17N3OS. The van der Waals surface area contributed by atoms with E-state index in [1.807, 2.05) is 60.2 Å². The van der Waals surface area contributed by atoms with Crippen LogP contribution in [-0.2, 0) is 11.3 Å². The first-order chi connectivity index (χ1) is 10.1. The number of nitrogens with zero attached hydrogens (tertiary/aromatic N) is 2. The van der Waals surface area contributed by atoms with Crippen molar-refractivity contribution in [1.82, 2.24) is 14.9 Å². The SMILES string of the molecule is Cc1nc2ccccc2n1CC(=O)N[C@@H](C)c1cccs1. The van der Waals surface area contributed by atoms with Crippen LogP contribution in [-0.4, -0.2) is 15.5 Å². The highest BCUT2D eigenvalue weighted by Gasteiger charge is 2.13. The predicted octanol–water partition coefficient (Wildman–Crippen LogP) is 3.28. The van der Waals surface area contributed by atoms with E-state index in [9.17, 15) is 4.79 Å². The molecule has 0 radical (unpaired) electrons. The lowest BCUT2D eigenvalue weighted by Crippen LogP contribution is -2.30. The summed E-state index contributed by atoms with van der Waals surface area (Å²) >= 11 is 1.65. The van der Waals surface area contributed by atoms with Crippen LogP contribution in [0.25, 0.3) is 11.0 Å². The van der Waals surface area contributed by atoms with Crippen LogP contribution in [0.3, 0.4) is 0 Å². The van der Waals surface area contributed by atoms with Gasteiger partial charge in [0.15, 0.2) is 0 Å². The number of aryl methyl sites for hydroxylation is 1. The number of para-hydroxylation sites is 2. The molecule has 1 atom stereocenters. The van der Waals surface area contributed by atoms with Crippen LogP contribution in [0.1, 0.15) is 23.7 Å². The molecule has 1 amide bonds. The van der Waals surface area contributed by atoms with E-state index >= 15 is 0 Å². The molecule has 3 rings (SSSR count). The van der Waals surface area contributed by atoms with E-state index < -0.39 is 0 Å². The number of imidazole rings is 1. The van der Waals surface area contributed by atoms with Crippen molar-refractivity contribution in [3.05, 3.63) is 52.5 Å². The van der Waals surface area contributed by atoms with Gasteiger partial charge in [0, 0.05) is 4.88 Å². The van der Waals surface area contributed by atoms with Crippen molar-refractivity contribution in [2.45, 2.75) is 26.4 Å². The molecule has 5 heteroatoms. The molecule has 0 fully saturated rings. The summed E-state index contributed by atoms with van der Waals surface area (Å²) < 4.78 is 1.95. The van der Waals surface area contributed by atoms with E-state index in [4.69, 9.17) is 0 Å². The van der Waals surface area contributed by atoms with E-state index in [1.165, 1.54) is 0 Å². The summed E-state index contributed by atoms with van der Waals surface area (Å²) in [5.41, 5.74) is 1.92. The van der Waals surface area contributed by atoms with Crippen molar-refractivity contribution in [1.29, 1.82) is 0 Å². The van der Waals surface area contributed by atoms with Crippen LogP contribution in [0.4, 0.5) is 0 Å². The molecule has 21 heavy (non-hydrogen) atoms. The zero-order valence-corrected chi connectivity index (χ0v) is 12.9. The van der Waals surface area contributed by atoms with E-state index in [0.29, 0.717) is 6.54 Å². The second-order valence-corrected chi connectivity index (χ2v) is 6.02. The molecular weight excluding hydrogens is 282 g/mol. The quantitative estimate of drug-likeness (QED) is 0.803. The number of carbonyl (C=O) groups is 1. The minimum absolute atomic E-state index is 0.00199. The second kappa shape index (κ2) is 5.69. The van der Waals surface area contributed by atoms with Crippen LogP contribution < -0.4 is 5.32 Å². The molecule has 0 saturated heterocycles. The second-order valence-electron chi connectivity index (χ2n) is 5.04. The Bertz CT molecular complexity index is 761. The Kier molecular flexibility index (Phi) is 3.75. The zero-order valence-electron chi connectivity index (χ0n) is 12.0. The Morgan fingerprint density at radius 3 is 2.90 bits per heavy atom. The number of hydrogen-bond donors (Lipinski definition) is 1.